The van der Waals surface area contributed by atoms with Gasteiger partial charge in [0.1, 0.15) is 5.65 Å². The number of rotatable bonds is 3. The molecule has 22 heavy (non-hydrogen) atoms. The van der Waals surface area contributed by atoms with Gasteiger partial charge in [-0.3, -0.25) is 14.2 Å². The number of pyridine rings is 1. The number of aliphatic imine (C=N–C) groups is 1. The highest BCUT2D eigenvalue weighted by molar-refractivity contribution is 5.99. The van der Waals surface area contributed by atoms with Gasteiger partial charge in [0, 0.05) is 17.6 Å². The maximum absolute atomic E-state index is 12.9. The molecule has 0 bridgehead atoms. The van der Waals surface area contributed by atoms with Gasteiger partial charge in [0.05, 0.1) is 5.56 Å². The third-order valence-corrected chi connectivity index (χ3v) is 4.38. The summed E-state index contributed by atoms with van der Waals surface area (Å²) in [6, 6.07) is 0.0845. The molecule has 0 N–H and O–H groups in total. The summed E-state index contributed by atoms with van der Waals surface area (Å²) in [6.07, 6.45) is 5.64. The minimum atomic E-state index is -0.252. The van der Waals surface area contributed by atoms with Crippen LogP contribution in [-0.4, -0.2) is 27.0 Å². The largest absolute Gasteiger partial charge is 0.294 e. The number of carbonyl (C=O) groups excluding carboxylic acids is 1. The molecule has 6 heteroatoms. The number of nitrogens with zero attached hydrogens (tertiary/aromatic N) is 4. The third kappa shape index (κ3) is 2.15. The van der Waals surface area contributed by atoms with Crippen LogP contribution in [0.2, 0.25) is 0 Å². The van der Waals surface area contributed by atoms with E-state index in [2.05, 4.69) is 21.7 Å². The van der Waals surface area contributed by atoms with Crippen LogP contribution in [0, 0.1) is 6.92 Å². The van der Waals surface area contributed by atoms with Crippen molar-refractivity contribution in [1.29, 1.82) is 0 Å². The molecule has 6 nitrogen and oxygen atoms in total. The number of aryl methyl sites for hydroxylation is 1. The Balaban J connectivity index is 2.44. The molecular formula is C16H18N4O2. The molecule has 1 fully saturated rings. The molecule has 0 aromatic carbocycles. The van der Waals surface area contributed by atoms with Gasteiger partial charge >= 0.3 is 0 Å². The maximum Gasteiger partial charge on any atom is 0.263 e. The SMILES string of the molecule is C=Nc1ncc2c(C)c(C(C)=O)c(=O)n(C3CCCC3)c2n1. The van der Waals surface area contributed by atoms with Crippen molar-refractivity contribution in [2.75, 3.05) is 0 Å². The highest BCUT2D eigenvalue weighted by atomic mass is 16.1. The summed E-state index contributed by atoms with van der Waals surface area (Å²) in [5, 5.41) is 0.726. The fourth-order valence-electron chi connectivity index (χ4n) is 3.32. The number of ketones is 1. The van der Waals surface area contributed by atoms with E-state index in [0.717, 1.165) is 31.1 Å². The predicted octanol–water partition coefficient (Wildman–Crippen LogP) is 2.75. The molecule has 1 saturated carbocycles. The Morgan fingerprint density at radius 2 is 2.09 bits per heavy atom. The van der Waals surface area contributed by atoms with Crippen molar-refractivity contribution < 1.29 is 4.79 Å². The molecule has 0 spiro atoms. The van der Waals surface area contributed by atoms with Crippen LogP contribution in [0.25, 0.3) is 11.0 Å². The van der Waals surface area contributed by atoms with Crippen LogP contribution in [0.1, 0.15) is 54.6 Å². The van der Waals surface area contributed by atoms with Crippen molar-refractivity contribution in [2.45, 2.75) is 45.6 Å². The average molecular weight is 298 g/mol. The standard InChI is InChI=1S/C16H18N4O2/c1-9-12-8-18-16(17-3)19-14(12)20(11-6-4-5-7-11)15(22)13(9)10(2)21/h8,11H,3-7H2,1-2H3. The summed E-state index contributed by atoms with van der Waals surface area (Å²) < 4.78 is 1.67. The van der Waals surface area contributed by atoms with E-state index in [-0.39, 0.29) is 28.9 Å². The molecule has 0 aliphatic heterocycles. The zero-order valence-electron chi connectivity index (χ0n) is 12.8. The molecule has 0 radical (unpaired) electrons. The number of hydrogen-bond acceptors (Lipinski definition) is 5. The first-order chi connectivity index (χ1) is 10.5. The fraction of sp³-hybridized carbons (Fsp3) is 0.438. The molecular weight excluding hydrogens is 280 g/mol. The molecule has 0 atom stereocenters. The van der Waals surface area contributed by atoms with E-state index in [4.69, 9.17) is 0 Å². The Kier molecular flexibility index (Phi) is 3.60. The van der Waals surface area contributed by atoms with E-state index in [1.807, 2.05) is 0 Å². The van der Waals surface area contributed by atoms with E-state index in [9.17, 15) is 9.59 Å². The zero-order valence-corrected chi connectivity index (χ0v) is 12.8. The quantitative estimate of drug-likeness (QED) is 0.645. The number of carbonyl (C=O) groups is 1. The minimum absolute atomic E-state index is 0.0845. The van der Waals surface area contributed by atoms with E-state index < -0.39 is 0 Å². The number of aromatic nitrogens is 3. The summed E-state index contributed by atoms with van der Waals surface area (Å²) in [7, 11) is 0. The number of hydrogen-bond donors (Lipinski definition) is 0. The van der Waals surface area contributed by atoms with Gasteiger partial charge in [-0.05, 0) is 39.0 Å². The van der Waals surface area contributed by atoms with Crippen molar-refractivity contribution >= 4 is 29.5 Å². The first-order valence-electron chi connectivity index (χ1n) is 7.44. The zero-order chi connectivity index (χ0) is 15.9. The lowest BCUT2D eigenvalue weighted by atomic mass is 10.0. The van der Waals surface area contributed by atoms with Gasteiger partial charge in [-0.25, -0.2) is 9.98 Å². The lowest BCUT2D eigenvalue weighted by Gasteiger charge is -2.19. The number of Topliss-reactive ketones (excluding diaryl/α,β-unsaturated/α-hetero) is 1. The first-order valence-corrected chi connectivity index (χ1v) is 7.44. The Labute approximate surface area is 127 Å². The van der Waals surface area contributed by atoms with E-state index >= 15 is 0 Å². The monoisotopic (exact) mass is 298 g/mol. The Morgan fingerprint density at radius 1 is 1.41 bits per heavy atom. The topological polar surface area (TPSA) is 77.2 Å². The van der Waals surface area contributed by atoms with Crippen molar-refractivity contribution in [3.63, 3.8) is 0 Å². The first kappa shape index (κ1) is 14.6. The summed E-state index contributed by atoms with van der Waals surface area (Å²) >= 11 is 0. The maximum atomic E-state index is 12.9. The molecule has 1 aliphatic carbocycles. The molecule has 114 valence electrons. The van der Waals surface area contributed by atoms with Gasteiger partial charge in [-0.2, -0.15) is 4.98 Å². The number of fused-ring (bicyclic) bond motifs is 1. The van der Waals surface area contributed by atoms with Gasteiger partial charge in [0.25, 0.3) is 11.5 Å². The molecule has 2 aromatic rings. The van der Waals surface area contributed by atoms with Gasteiger partial charge in [0.2, 0.25) is 0 Å². The van der Waals surface area contributed by atoms with Gasteiger partial charge in [-0.15, -0.1) is 0 Å². The van der Waals surface area contributed by atoms with Crippen molar-refractivity contribution in [3.05, 3.63) is 27.7 Å². The fourth-order valence-corrected chi connectivity index (χ4v) is 3.32. The smallest absolute Gasteiger partial charge is 0.263 e. The molecule has 1 aliphatic rings. The van der Waals surface area contributed by atoms with Crippen LogP contribution in [0.4, 0.5) is 5.95 Å². The second-order valence-corrected chi connectivity index (χ2v) is 5.74. The van der Waals surface area contributed by atoms with Crippen LogP contribution in [0.3, 0.4) is 0 Å². The predicted molar refractivity (Wildman–Crippen MR) is 85.3 cm³/mol. The molecule has 3 rings (SSSR count). The summed E-state index contributed by atoms with van der Waals surface area (Å²) in [5.41, 5.74) is 1.18. The average Bonchev–Trinajstić information content (AvgIpc) is 3.00. The molecule has 0 unspecified atom stereocenters. The lowest BCUT2D eigenvalue weighted by molar-refractivity contribution is 0.101. The van der Waals surface area contributed by atoms with E-state index in [1.165, 1.54) is 6.92 Å². The second-order valence-electron chi connectivity index (χ2n) is 5.74. The Bertz CT molecular complexity index is 832. The Morgan fingerprint density at radius 3 is 2.68 bits per heavy atom. The summed E-state index contributed by atoms with van der Waals surface area (Å²) in [5.74, 6) is 0.0238. The third-order valence-electron chi connectivity index (χ3n) is 4.38. The normalized spacial score (nSPS) is 15.4. The molecule has 0 saturated heterocycles. The van der Waals surface area contributed by atoms with Crippen LogP contribution < -0.4 is 5.56 Å². The van der Waals surface area contributed by atoms with Crippen molar-refractivity contribution in [3.8, 4) is 0 Å². The van der Waals surface area contributed by atoms with Crippen LogP contribution in [0.5, 0.6) is 0 Å². The van der Waals surface area contributed by atoms with E-state index in [1.54, 1.807) is 17.7 Å². The van der Waals surface area contributed by atoms with Crippen LogP contribution in [-0.2, 0) is 0 Å². The van der Waals surface area contributed by atoms with Gasteiger partial charge in [0.15, 0.2) is 5.78 Å². The van der Waals surface area contributed by atoms with E-state index in [0.29, 0.717) is 11.2 Å². The van der Waals surface area contributed by atoms with Crippen molar-refractivity contribution in [2.24, 2.45) is 4.99 Å². The lowest BCUT2D eigenvalue weighted by Crippen LogP contribution is -2.30. The molecule has 0 amide bonds. The summed E-state index contributed by atoms with van der Waals surface area (Å²) in [4.78, 5) is 37.0. The van der Waals surface area contributed by atoms with Crippen LogP contribution in [0.15, 0.2) is 16.0 Å². The van der Waals surface area contributed by atoms with Crippen LogP contribution >= 0.6 is 0 Å². The van der Waals surface area contributed by atoms with Crippen molar-refractivity contribution in [1.82, 2.24) is 14.5 Å². The minimum Gasteiger partial charge on any atom is -0.294 e. The molecule has 2 aromatic heterocycles. The highest BCUT2D eigenvalue weighted by Crippen LogP contribution is 2.31. The van der Waals surface area contributed by atoms with Gasteiger partial charge < -0.3 is 0 Å². The molecule has 2 heterocycles. The Hall–Kier alpha value is -2.37. The summed E-state index contributed by atoms with van der Waals surface area (Å²) in [6.45, 7) is 6.63. The van der Waals surface area contributed by atoms with Gasteiger partial charge in [-0.1, -0.05) is 12.8 Å². The second kappa shape index (κ2) is 5.44. The highest BCUT2D eigenvalue weighted by Gasteiger charge is 2.25.